The molecule has 0 radical (unpaired) electrons. The highest BCUT2D eigenvalue weighted by Crippen LogP contribution is 2.26. The summed E-state index contributed by atoms with van der Waals surface area (Å²) in [6.45, 7) is 0. The van der Waals surface area contributed by atoms with Gasteiger partial charge in [-0.1, -0.05) is 24.3 Å². The summed E-state index contributed by atoms with van der Waals surface area (Å²) in [6, 6.07) is 16.3. The molecule has 0 bridgehead atoms. The number of benzene rings is 3. The van der Waals surface area contributed by atoms with Crippen LogP contribution in [0.3, 0.4) is 0 Å². The molecular weight excluding hydrogens is 384 g/mol. The number of aromatic hydroxyl groups is 1. The summed E-state index contributed by atoms with van der Waals surface area (Å²) in [5.74, 6) is 0.262. The van der Waals surface area contributed by atoms with E-state index in [1.165, 1.54) is 13.3 Å². The number of amides is 1. The predicted molar refractivity (Wildman–Crippen MR) is 101 cm³/mol. The van der Waals surface area contributed by atoms with Crippen LogP contribution in [0.1, 0.15) is 15.9 Å². The van der Waals surface area contributed by atoms with E-state index in [1.807, 2.05) is 30.3 Å². The van der Waals surface area contributed by atoms with Gasteiger partial charge in [0, 0.05) is 0 Å². The zero-order chi connectivity index (χ0) is 17.8. The summed E-state index contributed by atoms with van der Waals surface area (Å²) in [5.41, 5.74) is 3.63. The van der Waals surface area contributed by atoms with E-state index in [0.717, 1.165) is 16.3 Å². The van der Waals surface area contributed by atoms with Gasteiger partial charge in [0.05, 0.1) is 23.4 Å². The summed E-state index contributed by atoms with van der Waals surface area (Å²) in [7, 11) is 1.53. The van der Waals surface area contributed by atoms with E-state index in [2.05, 4.69) is 26.5 Å². The van der Waals surface area contributed by atoms with Crippen LogP contribution in [-0.2, 0) is 0 Å². The Balaban J connectivity index is 1.81. The van der Waals surface area contributed by atoms with E-state index in [-0.39, 0.29) is 11.7 Å². The molecule has 2 N–H and O–H groups in total. The zero-order valence-corrected chi connectivity index (χ0v) is 14.9. The third-order valence-corrected chi connectivity index (χ3v) is 4.30. The highest BCUT2D eigenvalue weighted by atomic mass is 79.9. The number of carbonyl (C=O) groups excluding carboxylic acids is 1. The number of methoxy groups -OCH3 is 1. The summed E-state index contributed by atoms with van der Waals surface area (Å²) in [4.78, 5) is 12.4. The Labute approximate surface area is 153 Å². The molecule has 126 valence electrons. The molecule has 0 aromatic heterocycles. The molecule has 3 rings (SSSR count). The SMILES string of the molecule is COc1cc2ccccc2cc1C(=O)NN=Cc1ccc(O)c(Br)c1. The van der Waals surface area contributed by atoms with Crippen LogP contribution in [0.4, 0.5) is 0 Å². The van der Waals surface area contributed by atoms with Crippen molar-refractivity contribution in [3.05, 3.63) is 70.2 Å². The molecule has 0 fully saturated rings. The topological polar surface area (TPSA) is 70.9 Å². The molecule has 0 aliphatic rings. The zero-order valence-electron chi connectivity index (χ0n) is 13.4. The maximum atomic E-state index is 12.4. The molecule has 5 nitrogen and oxygen atoms in total. The first-order chi connectivity index (χ1) is 12.1. The monoisotopic (exact) mass is 398 g/mol. The Morgan fingerprint density at radius 2 is 1.88 bits per heavy atom. The molecule has 3 aromatic carbocycles. The molecule has 0 heterocycles. The predicted octanol–water partition coefficient (Wildman–Crippen LogP) is 4.08. The second-order valence-electron chi connectivity index (χ2n) is 5.31. The number of halogens is 1. The molecular formula is C19H15BrN2O3. The lowest BCUT2D eigenvalue weighted by atomic mass is 10.1. The lowest BCUT2D eigenvalue weighted by Crippen LogP contribution is -2.18. The normalized spacial score (nSPS) is 11.0. The van der Waals surface area contributed by atoms with Crippen molar-refractivity contribution in [1.29, 1.82) is 0 Å². The Kier molecular flexibility index (Phi) is 5.00. The molecule has 0 aliphatic carbocycles. The number of phenols is 1. The van der Waals surface area contributed by atoms with E-state index in [4.69, 9.17) is 4.74 Å². The number of fused-ring (bicyclic) bond motifs is 1. The van der Waals surface area contributed by atoms with Crippen molar-refractivity contribution in [3.63, 3.8) is 0 Å². The van der Waals surface area contributed by atoms with Crippen LogP contribution >= 0.6 is 15.9 Å². The first-order valence-corrected chi connectivity index (χ1v) is 8.26. The van der Waals surface area contributed by atoms with Gasteiger partial charge in [0.25, 0.3) is 5.91 Å². The first-order valence-electron chi connectivity index (χ1n) is 7.47. The second kappa shape index (κ2) is 7.36. The van der Waals surface area contributed by atoms with E-state index >= 15 is 0 Å². The maximum absolute atomic E-state index is 12.4. The smallest absolute Gasteiger partial charge is 0.275 e. The van der Waals surface area contributed by atoms with Crippen LogP contribution in [0.5, 0.6) is 11.5 Å². The number of rotatable bonds is 4. The number of nitrogens with one attached hydrogen (secondary N) is 1. The largest absolute Gasteiger partial charge is 0.507 e. The number of carbonyl (C=O) groups is 1. The second-order valence-corrected chi connectivity index (χ2v) is 6.16. The van der Waals surface area contributed by atoms with Gasteiger partial charge in [0.1, 0.15) is 11.5 Å². The van der Waals surface area contributed by atoms with Crippen LogP contribution < -0.4 is 10.2 Å². The summed E-state index contributed by atoms with van der Waals surface area (Å²) in [6.07, 6.45) is 1.50. The Morgan fingerprint density at radius 3 is 2.56 bits per heavy atom. The number of ether oxygens (including phenoxy) is 1. The molecule has 0 atom stereocenters. The van der Waals surface area contributed by atoms with E-state index in [0.29, 0.717) is 15.8 Å². The molecule has 3 aromatic rings. The van der Waals surface area contributed by atoms with Crippen LogP contribution in [0, 0.1) is 0 Å². The Morgan fingerprint density at radius 1 is 1.16 bits per heavy atom. The highest BCUT2D eigenvalue weighted by Gasteiger charge is 2.13. The minimum absolute atomic E-state index is 0.141. The van der Waals surface area contributed by atoms with Gasteiger partial charge in [-0.25, -0.2) is 5.43 Å². The van der Waals surface area contributed by atoms with Crippen molar-refractivity contribution in [2.75, 3.05) is 7.11 Å². The molecule has 0 spiro atoms. The molecule has 0 unspecified atom stereocenters. The molecule has 6 heteroatoms. The Bertz CT molecular complexity index is 970. The van der Waals surface area contributed by atoms with Gasteiger partial charge in [-0.2, -0.15) is 5.10 Å². The fourth-order valence-electron chi connectivity index (χ4n) is 2.39. The van der Waals surface area contributed by atoms with Crippen molar-refractivity contribution >= 4 is 38.8 Å². The molecule has 25 heavy (non-hydrogen) atoms. The molecule has 0 saturated heterocycles. The third-order valence-electron chi connectivity index (χ3n) is 3.66. The third kappa shape index (κ3) is 3.80. The maximum Gasteiger partial charge on any atom is 0.275 e. The summed E-state index contributed by atoms with van der Waals surface area (Å²) in [5, 5.41) is 15.4. The van der Waals surface area contributed by atoms with Crippen molar-refractivity contribution < 1.29 is 14.6 Å². The van der Waals surface area contributed by atoms with Gasteiger partial charge >= 0.3 is 0 Å². The van der Waals surface area contributed by atoms with E-state index in [1.54, 1.807) is 24.3 Å². The molecule has 0 saturated carbocycles. The van der Waals surface area contributed by atoms with E-state index in [9.17, 15) is 9.90 Å². The average molecular weight is 399 g/mol. The quantitative estimate of drug-likeness (QED) is 0.513. The van der Waals surface area contributed by atoms with Gasteiger partial charge < -0.3 is 9.84 Å². The lowest BCUT2D eigenvalue weighted by Gasteiger charge is -2.09. The average Bonchev–Trinajstić information content (AvgIpc) is 2.63. The first kappa shape index (κ1) is 17.0. The van der Waals surface area contributed by atoms with Crippen molar-refractivity contribution in [2.45, 2.75) is 0 Å². The summed E-state index contributed by atoms with van der Waals surface area (Å²) < 4.78 is 5.88. The van der Waals surface area contributed by atoms with Crippen molar-refractivity contribution in [2.24, 2.45) is 5.10 Å². The fraction of sp³-hybridized carbons (Fsp3) is 0.0526. The minimum Gasteiger partial charge on any atom is -0.507 e. The number of phenolic OH excluding ortho intramolecular Hbond substituents is 1. The number of hydrazone groups is 1. The fourth-order valence-corrected chi connectivity index (χ4v) is 2.79. The van der Waals surface area contributed by atoms with Gasteiger partial charge in [0.15, 0.2) is 0 Å². The van der Waals surface area contributed by atoms with Gasteiger partial charge in [-0.15, -0.1) is 0 Å². The summed E-state index contributed by atoms with van der Waals surface area (Å²) >= 11 is 3.23. The van der Waals surface area contributed by atoms with Crippen molar-refractivity contribution in [3.8, 4) is 11.5 Å². The van der Waals surface area contributed by atoms with Gasteiger partial charge in [0.2, 0.25) is 0 Å². The van der Waals surface area contributed by atoms with Crippen LogP contribution in [0.25, 0.3) is 10.8 Å². The van der Waals surface area contributed by atoms with Crippen molar-refractivity contribution in [1.82, 2.24) is 5.43 Å². The van der Waals surface area contributed by atoms with E-state index < -0.39 is 0 Å². The lowest BCUT2D eigenvalue weighted by molar-refractivity contribution is 0.0952. The highest BCUT2D eigenvalue weighted by molar-refractivity contribution is 9.10. The molecule has 0 aliphatic heterocycles. The minimum atomic E-state index is -0.364. The molecule has 1 amide bonds. The Hall–Kier alpha value is -2.86. The van der Waals surface area contributed by atoms with Gasteiger partial charge in [-0.3, -0.25) is 4.79 Å². The standard InChI is InChI=1S/C19H15BrN2O3/c1-25-18-10-14-5-3-2-4-13(14)9-15(18)19(24)22-21-11-12-6-7-17(23)16(20)8-12/h2-11,23H,1H3,(H,22,24). The van der Waals surface area contributed by atoms with Crippen LogP contribution in [-0.4, -0.2) is 24.3 Å². The van der Waals surface area contributed by atoms with Gasteiger partial charge in [-0.05, 0) is 62.6 Å². The number of hydrogen-bond donors (Lipinski definition) is 2. The van der Waals surface area contributed by atoms with Crippen LogP contribution in [0.2, 0.25) is 0 Å². The number of hydrogen-bond acceptors (Lipinski definition) is 4. The van der Waals surface area contributed by atoms with Crippen LogP contribution in [0.15, 0.2) is 64.2 Å². The number of nitrogens with zero attached hydrogens (tertiary/aromatic N) is 1.